The Bertz CT molecular complexity index is 692. The fraction of sp³-hybridized carbons (Fsp3) is 0. The third-order valence-corrected chi connectivity index (χ3v) is 3.53. The van der Waals surface area contributed by atoms with Crippen LogP contribution in [0.25, 0.3) is 0 Å². The molecule has 0 saturated heterocycles. The number of benzene rings is 2. The van der Waals surface area contributed by atoms with Gasteiger partial charge in [-0.1, -0.05) is 15.9 Å². The summed E-state index contributed by atoms with van der Waals surface area (Å²) in [5, 5.41) is 2.12. The maximum absolute atomic E-state index is 13.6. The molecule has 2 rings (SSSR count). The van der Waals surface area contributed by atoms with E-state index in [1.807, 2.05) is 0 Å². The maximum Gasteiger partial charge on any atom is 0.258 e. The van der Waals surface area contributed by atoms with Crippen molar-refractivity contribution in [2.24, 2.45) is 0 Å². The van der Waals surface area contributed by atoms with Gasteiger partial charge < -0.3 is 5.32 Å². The van der Waals surface area contributed by atoms with Gasteiger partial charge in [0.1, 0.15) is 17.5 Å². The lowest BCUT2D eigenvalue weighted by atomic mass is 10.2. The van der Waals surface area contributed by atoms with Crippen molar-refractivity contribution in [3.63, 3.8) is 0 Å². The zero-order valence-electron chi connectivity index (χ0n) is 9.68. The molecule has 0 aromatic heterocycles. The molecule has 7 heteroatoms. The van der Waals surface area contributed by atoms with Crippen LogP contribution in [0.4, 0.5) is 18.9 Å². The Morgan fingerprint density at radius 1 is 0.950 bits per heavy atom. The SMILES string of the molecule is O=C(Nc1cc(F)c(Br)cc1F)c1ccc(Br)cc1F. The first kappa shape index (κ1) is 15.1. The van der Waals surface area contributed by atoms with E-state index in [1.54, 1.807) is 0 Å². The van der Waals surface area contributed by atoms with E-state index >= 15 is 0 Å². The van der Waals surface area contributed by atoms with Gasteiger partial charge in [0.05, 0.1) is 15.7 Å². The Labute approximate surface area is 129 Å². The third-order valence-electron chi connectivity index (χ3n) is 2.43. The molecular formula is C13H6Br2F3NO. The number of rotatable bonds is 2. The van der Waals surface area contributed by atoms with Gasteiger partial charge in [-0.25, -0.2) is 13.2 Å². The number of halogens is 5. The van der Waals surface area contributed by atoms with E-state index in [-0.39, 0.29) is 15.7 Å². The van der Waals surface area contributed by atoms with Gasteiger partial charge in [0, 0.05) is 10.5 Å². The predicted molar refractivity (Wildman–Crippen MR) is 76.1 cm³/mol. The monoisotopic (exact) mass is 407 g/mol. The van der Waals surface area contributed by atoms with Gasteiger partial charge in [-0.15, -0.1) is 0 Å². The molecule has 0 fully saturated rings. The fourth-order valence-corrected chi connectivity index (χ4v) is 2.13. The van der Waals surface area contributed by atoms with E-state index in [9.17, 15) is 18.0 Å². The number of nitrogens with one attached hydrogen (secondary N) is 1. The summed E-state index contributed by atoms with van der Waals surface area (Å²) in [7, 11) is 0. The van der Waals surface area contributed by atoms with E-state index in [0.717, 1.165) is 18.2 Å². The second-order valence-electron chi connectivity index (χ2n) is 3.82. The third kappa shape index (κ3) is 3.21. The number of carbonyl (C=O) groups excluding carboxylic acids is 1. The van der Waals surface area contributed by atoms with Gasteiger partial charge in [-0.2, -0.15) is 0 Å². The molecular weight excluding hydrogens is 403 g/mol. The number of hydrogen-bond acceptors (Lipinski definition) is 1. The second-order valence-corrected chi connectivity index (χ2v) is 5.59. The average Bonchev–Trinajstić information content (AvgIpc) is 2.35. The minimum absolute atomic E-state index is 0.0668. The molecule has 0 heterocycles. The van der Waals surface area contributed by atoms with Crippen molar-refractivity contribution in [2.75, 3.05) is 5.32 Å². The molecule has 2 aromatic carbocycles. The fourth-order valence-electron chi connectivity index (χ4n) is 1.48. The molecule has 0 saturated carbocycles. The topological polar surface area (TPSA) is 29.1 Å². The Morgan fingerprint density at radius 2 is 1.65 bits per heavy atom. The van der Waals surface area contributed by atoms with Gasteiger partial charge in [0.2, 0.25) is 0 Å². The van der Waals surface area contributed by atoms with Crippen molar-refractivity contribution in [1.82, 2.24) is 0 Å². The molecule has 1 amide bonds. The lowest BCUT2D eigenvalue weighted by Gasteiger charge is -2.08. The van der Waals surface area contributed by atoms with Crippen molar-refractivity contribution < 1.29 is 18.0 Å². The van der Waals surface area contributed by atoms with Crippen LogP contribution >= 0.6 is 31.9 Å². The summed E-state index contributed by atoms with van der Waals surface area (Å²) >= 11 is 5.87. The molecule has 0 spiro atoms. The summed E-state index contributed by atoms with van der Waals surface area (Å²) in [6.07, 6.45) is 0. The first-order valence-corrected chi connectivity index (χ1v) is 6.88. The van der Waals surface area contributed by atoms with Crippen LogP contribution in [0, 0.1) is 17.5 Å². The Morgan fingerprint density at radius 3 is 2.30 bits per heavy atom. The van der Waals surface area contributed by atoms with Gasteiger partial charge in [0.15, 0.2) is 0 Å². The van der Waals surface area contributed by atoms with Crippen LogP contribution in [0.3, 0.4) is 0 Å². The normalized spacial score (nSPS) is 10.4. The quantitative estimate of drug-likeness (QED) is 0.705. The lowest BCUT2D eigenvalue weighted by molar-refractivity contribution is 0.102. The molecule has 0 bridgehead atoms. The van der Waals surface area contributed by atoms with E-state index < -0.39 is 23.4 Å². The molecule has 2 nitrogen and oxygen atoms in total. The molecule has 2 aromatic rings. The van der Waals surface area contributed by atoms with E-state index in [2.05, 4.69) is 37.2 Å². The van der Waals surface area contributed by atoms with E-state index in [4.69, 9.17) is 0 Å². The number of anilines is 1. The number of hydrogen-bond donors (Lipinski definition) is 1. The molecule has 0 atom stereocenters. The van der Waals surface area contributed by atoms with Gasteiger partial charge >= 0.3 is 0 Å². The van der Waals surface area contributed by atoms with Crippen LogP contribution in [0.2, 0.25) is 0 Å². The predicted octanol–water partition coefficient (Wildman–Crippen LogP) is 4.88. The van der Waals surface area contributed by atoms with Gasteiger partial charge in [0.25, 0.3) is 5.91 Å². The summed E-state index contributed by atoms with van der Waals surface area (Å²) in [5.41, 5.74) is -0.631. The highest BCUT2D eigenvalue weighted by Gasteiger charge is 2.15. The van der Waals surface area contributed by atoms with Crippen molar-refractivity contribution in [3.05, 3.63) is 62.3 Å². The first-order chi connectivity index (χ1) is 9.38. The number of carbonyl (C=O) groups is 1. The van der Waals surface area contributed by atoms with E-state index in [0.29, 0.717) is 4.47 Å². The molecule has 20 heavy (non-hydrogen) atoms. The molecule has 104 valence electrons. The van der Waals surface area contributed by atoms with Crippen LogP contribution in [0.15, 0.2) is 39.3 Å². The first-order valence-electron chi connectivity index (χ1n) is 5.29. The summed E-state index contributed by atoms with van der Waals surface area (Å²) in [5.74, 6) is -3.20. The highest BCUT2D eigenvalue weighted by molar-refractivity contribution is 9.10. The molecule has 0 unspecified atom stereocenters. The summed E-state index contributed by atoms with van der Waals surface area (Å²) < 4.78 is 40.8. The average molecular weight is 409 g/mol. The van der Waals surface area contributed by atoms with Crippen LogP contribution in [0.5, 0.6) is 0 Å². The smallest absolute Gasteiger partial charge is 0.258 e. The zero-order chi connectivity index (χ0) is 14.9. The Balaban J connectivity index is 2.30. The van der Waals surface area contributed by atoms with Crippen molar-refractivity contribution in [3.8, 4) is 0 Å². The molecule has 0 aliphatic rings. The van der Waals surface area contributed by atoms with Crippen molar-refractivity contribution >= 4 is 43.5 Å². The standard InChI is InChI=1S/C13H6Br2F3NO/c14-6-1-2-7(9(16)3-6)13(20)19-12-5-10(17)8(15)4-11(12)18/h1-5H,(H,19,20). The van der Waals surface area contributed by atoms with E-state index in [1.165, 1.54) is 12.1 Å². The van der Waals surface area contributed by atoms with Crippen molar-refractivity contribution in [2.45, 2.75) is 0 Å². The summed E-state index contributed by atoms with van der Waals surface area (Å²) in [6, 6.07) is 5.50. The molecule has 0 aliphatic heterocycles. The summed E-state index contributed by atoms with van der Waals surface area (Å²) in [4.78, 5) is 11.8. The van der Waals surface area contributed by atoms with Crippen LogP contribution in [-0.2, 0) is 0 Å². The highest BCUT2D eigenvalue weighted by atomic mass is 79.9. The minimum Gasteiger partial charge on any atom is -0.319 e. The van der Waals surface area contributed by atoms with Crippen LogP contribution < -0.4 is 5.32 Å². The minimum atomic E-state index is -0.865. The lowest BCUT2D eigenvalue weighted by Crippen LogP contribution is -2.15. The summed E-state index contributed by atoms with van der Waals surface area (Å²) in [6.45, 7) is 0. The van der Waals surface area contributed by atoms with Gasteiger partial charge in [-0.05, 0) is 40.2 Å². The Hall–Kier alpha value is -1.34. The van der Waals surface area contributed by atoms with Crippen LogP contribution in [0.1, 0.15) is 10.4 Å². The Kier molecular flexibility index (Phi) is 4.49. The maximum atomic E-state index is 13.6. The van der Waals surface area contributed by atoms with Crippen LogP contribution in [-0.4, -0.2) is 5.91 Å². The second kappa shape index (κ2) is 5.97. The molecule has 0 aliphatic carbocycles. The molecule has 0 radical (unpaired) electrons. The largest absolute Gasteiger partial charge is 0.319 e. The van der Waals surface area contributed by atoms with Crippen molar-refractivity contribution in [1.29, 1.82) is 0 Å². The number of amides is 1. The molecule has 1 N–H and O–H groups in total. The highest BCUT2D eigenvalue weighted by Crippen LogP contribution is 2.24. The zero-order valence-corrected chi connectivity index (χ0v) is 12.9. The van der Waals surface area contributed by atoms with Gasteiger partial charge in [-0.3, -0.25) is 4.79 Å².